The Hall–Kier alpha value is -1.59. The van der Waals surface area contributed by atoms with Crippen LogP contribution in [0.15, 0.2) is 24.3 Å². The van der Waals surface area contributed by atoms with E-state index in [-0.39, 0.29) is 30.3 Å². The van der Waals surface area contributed by atoms with E-state index in [1.807, 2.05) is 31.2 Å². The lowest BCUT2D eigenvalue weighted by Gasteiger charge is -2.29. The summed E-state index contributed by atoms with van der Waals surface area (Å²) in [7, 11) is 0. The van der Waals surface area contributed by atoms with Gasteiger partial charge in [0.05, 0.1) is 6.04 Å². The number of hydrogen-bond acceptors (Lipinski definition) is 3. The number of nitrogens with one attached hydrogen (secondary N) is 3. The highest BCUT2D eigenvalue weighted by molar-refractivity contribution is 5.88. The van der Waals surface area contributed by atoms with Crippen molar-refractivity contribution in [3.8, 4) is 0 Å². The summed E-state index contributed by atoms with van der Waals surface area (Å²) in [4.78, 5) is 23.6. The van der Waals surface area contributed by atoms with Crippen LogP contribution in [0.25, 0.3) is 0 Å². The number of amides is 2. The molecule has 3 N–H and O–H groups in total. The molecule has 2 fully saturated rings. The predicted octanol–water partition coefficient (Wildman–Crippen LogP) is 3.16. The predicted molar refractivity (Wildman–Crippen MR) is 102 cm³/mol. The van der Waals surface area contributed by atoms with E-state index < -0.39 is 0 Å². The van der Waals surface area contributed by atoms with Crippen LogP contribution in [0.1, 0.15) is 57.6 Å². The second-order valence-corrected chi connectivity index (χ2v) is 7.28. The molecule has 25 heavy (non-hydrogen) atoms. The minimum Gasteiger partial charge on any atom is -0.350 e. The molecule has 0 spiro atoms. The van der Waals surface area contributed by atoms with E-state index in [1.54, 1.807) is 0 Å². The number of hydrogen-bond donors (Lipinski definition) is 3. The molecule has 2 aliphatic rings. The molecule has 0 aromatic heterocycles. The highest BCUT2D eigenvalue weighted by Crippen LogP contribution is 2.32. The normalized spacial score (nSPS) is 25.6. The van der Waals surface area contributed by atoms with Crippen molar-refractivity contribution in [1.29, 1.82) is 0 Å². The van der Waals surface area contributed by atoms with Crippen molar-refractivity contribution >= 4 is 29.9 Å². The Bertz CT molecular complexity index is 610. The minimum atomic E-state index is -0.0932. The number of fused-ring (bicyclic) bond motifs is 2. The molecule has 0 saturated carbocycles. The third-order valence-electron chi connectivity index (χ3n) is 5.13. The zero-order chi connectivity index (χ0) is 17.1. The Morgan fingerprint density at radius 2 is 1.92 bits per heavy atom. The molecule has 3 atom stereocenters. The lowest BCUT2D eigenvalue weighted by Crippen LogP contribution is -2.40. The third-order valence-corrected chi connectivity index (χ3v) is 5.13. The van der Waals surface area contributed by atoms with Crippen molar-refractivity contribution < 1.29 is 9.59 Å². The fourth-order valence-electron chi connectivity index (χ4n) is 4.08. The average Bonchev–Trinajstić information content (AvgIpc) is 2.85. The minimum absolute atomic E-state index is 0. The first-order chi connectivity index (χ1) is 11.5. The van der Waals surface area contributed by atoms with Gasteiger partial charge >= 0.3 is 0 Å². The molecule has 0 aliphatic carbocycles. The van der Waals surface area contributed by atoms with E-state index in [9.17, 15) is 9.59 Å². The van der Waals surface area contributed by atoms with Gasteiger partial charge in [-0.1, -0.05) is 12.1 Å². The van der Waals surface area contributed by atoms with Crippen molar-refractivity contribution in [2.75, 3.05) is 5.32 Å². The molecule has 0 radical (unpaired) electrons. The maximum Gasteiger partial charge on any atom is 0.221 e. The zero-order valence-electron chi connectivity index (χ0n) is 14.9. The summed E-state index contributed by atoms with van der Waals surface area (Å²) in [6, 6.07) is 8.81. The summed E-state index contributed by atoms with van der Waals surface area (Å²) in [6.07, 6.45) is 5.38. The fourth-order valence-corrected chi connectivity index (χ4v) is 4.08. The molecular weight excluding hydrogens is 338 g/mol. The van der Waals surface area contributed by atoms with Gasteiger partial charge in [-0.3, -0.25) is 9.59 Å². The first kappa shape index (κ1) is 19.7. The summed E-state index contributed by atoms with van der Waals surface area (Å²) < 4.78 is 0. The van der Waals surface area contributed by atoms with Crippen molar-refractivity contribution in [2.24, 2.45) is 5.92 Å². The number of halogens is 1. The van der Waals surface area contributed by atoms with Crippen LogP contribution in [0.4, 0.5) is 5.69 Å². The van der Waals surface area contributed by atoms with Gasteiger partial charge in [-0.25, -0.2) is 0 Å². The monoisotopic (exact) mass is 365 g/mol. The highest BCUT2D eigenvalue weighted by Gasteiger charge is 2.34. The van der Waals surface area contributed by atoms with E-state index in [2.05, 4.69) is 16.0 Å². The molecule has 5 nitrogen and oxygen atoms in total. The first-order valence-corrected chi connectivity index (χ1v) is 8.92. The van der Waals surface area contributed by atoms with Crippen LogP contribution in [0.2, 0.25) is 0 Å². The number of carbonyl (C=O) groups is 2. The molecule has 2 bridgehead atoms. The fraction of sp³-hybridized carbons (Fsp3) is 0.579. The van der Waals surface area contributed by atoms with Gasteiger partial charge in [0.15, 0.2) is 0 Å². The van der Waals surface area contributed by atoms with Crippen LogP contribution < -0.4 is 16.0 Å². The molecule has 3 rings (SSSR count). The Morgan fingerprint density at radius 1 is 1.24 bits per heavy atom. The van der Waals surface area contributed by atoms with Gasteiger partial charge < -0.3 is 16.0 Å². The summed E-state index contributed by atoms with van der Waals surface area (Å²) in [6.45, 7) is 3.47. The lowest BCUT2D eigenvalue weighted by molar-refractivity contribution is -0.123. The van der Waals surface area contributed by atoms with Gasteiger partial charge in [0.25, 0.3) is 0 Å². The maximum atomic E-state index is 12.4. The molecule has 2 saturated heterocycles. The second-order valence-electron chi connectivity index (χ2n) is 7.28. The first-order valence-electron chi connectivity index (χ1n) is 8.92. The molecular formula is C19H28ClN3O2. The van der Waals surface area contributed by atoms with Gasteiger partial charge in [0.1, 0.15) is 0 Å². The molecule has 2 heterocycles. The average molecular weight is 366 g/mol. The Morgan fingerprint density at radius 3 is 2.56 bits per heavy atom. The zero-order valence-corrected chi connectivity index (χ0v) is 15.7. The summed E-state index contributed by atoms with van der Waals surface area (Å²) in [5.74, 6) is 0.532. The van der Waals surface area contributed by atoms with Crippen LogP contribution in [0.5, 0.6) is 0 Å². The summed E-state index contributed by atoms with van der Waals surface area (Å²) in [5, 5.41) is 9.49. The highest BCUT2D eigenvalue weighted by atomic mass is 35.5. The lowest BCUT2D eigenvalue weighted by atomic mass is 9.89. The van der Waals surface area contributed by atoms with E-state index in [4.69, 9.17) is 0 Å². The molecule has 6 heteroatoms. The number of piperidine rings is 1. The largest absolute Gasteiger partial charge is 0.350 e. The van der Waals surface area contributed by atoms with Crippen molar-refractivity contribution in [3.05, 3.63) is 29.8 Å². The number of rotatable bonds is 5. The quantitative estimate of drug-likeness (QED) is 0.750. The van der Waals surface area contributed by atoms with Crippen LogP contribution in [-0.2, 0) is 9.59 Å². The van der Waals surface area contributed by atoms with Gasteiger partial charge in [-0.15, -0.1) is 12.4 Å². The molecule has 138 valence electrons. The Balaban J connectivity index is 0.00000225. The second kappa shape index (κ2) is 8.68. The molecule has 3 unspecified atom stereocenters. The molecule has 1 aromatic carbocycles. The van der Waals surface area contributed by atoms with Gasteiger partial charge in [0.2, 0.25) is 11.8 Å². The third kappa shape index (κ3) is 5.44. The standard InChI is InChI=1S/C19H27N3O2.ClH/c1-12(15-4-3-5-16(11-15)21-13(2)23)20-19(24)10-14-8-17-6-7-18(9-14)22-17;/h3-5,11-12,14,17-18,22H,6-10H2,1-2H3,(H,20,24)(H,21,23);1H. The van der Waals surface area contributed by atoms with Gasteiger partial charge in [-0.2, -0.15) is 0 Å². The number of benzene rings is 1. The van der Waals surface area contributed by atoms with Crippen LogP contribution in [0, 0.1) is 5.92 Å². The summed E-state index contributed by atoms with van der Waals surface area (Å²) >= 11 is 0. The molecule has 2 aliphatic heterocycles. The summed E-state index contributed by atoms with van der Waals surface area (Å²) in [5.41, 5.74) is 1.76. The van der Waals surface area contributed by atoms with Gasteiger partial charge in [0, 0.05) is 31.1 Å². The van der Waals surface area contributed by atoms with E-state index >= 15 is 0 Å². The molecule has 2 amide bonds. The number of anilines is 1. The SMILES string of the molecule is CC(=O)Nc1cccc(C(C)NC(=O)CC2CC3CCC(C2)N3)c1.Cl. The number of carbonyl (C=O) groups excluding carboxylic acids is 2. The van der Waals surface area contributed by atoms with Gasteiger partial charge in [-0.05, 0) is 56.2 Å². The van der Waals surface area contributed by atoms with Crippen molar-refractivity contribution in [3.63, 3.8) is 0 Å². The molecule has 1 aromatic rings. The van der Waals surface area contributed by atoms with E-state index in [0.29, 0.717) is 24.4 Å². The van der Waals surface area contributed by atoms with Crippen LogP contribution in [-0.4, -0.2) is 23.9 Å². The van der Waals surface area contributed by atoms with Crippen molar-refractivity contribution in [1.82, 2.24) is 10.6 Å². The van der Waals surface area contributed by atoms with Crippen molar-refractivity contribution in [2.45, 2.75) is 64.1 Å². The van der Waals surface area contributed by atoms with Crippen LogP contribution >= 0.6 is 12.4 Å². The van der Waals surface area contributed by atoms with Crippen LogP contribution in [0.3, 0.4) is 0 Å². The van der Waals surface area contributed by atoms with E-state index in [1.165, 1.54) is 19.8 Å². The smallest absolute Gasteiger partial charge is 0.221 e. The topological polar surface area (TPSA) is 70.2 Å². The Labute approximate surface area is 155 Å². The maximum absolute atomic E-state index is 12.4. The van der Waals surface area contributed by atoms with E-state index in [0.717, 1.165) is 24.1 Å². The Kier molecular flexibility index (Phi) is 6.85.